The molecule has 138 valence electrons. The van der Waals surface area contributed by atoms with Crippen LogP contribution in [0.4, 0.5) is 10.1 Å². The smallest absolute Gasteiger partial charge is 0.253 e. The van der Waals surface area contributed by atoms with E-state index in [1.807, 2.05) is 6.92 Å². The quantitative estimate of drug-likeness (QED) is 0.690. The standard InChI is InChI=1S/C19H21ClFN3O2/c1-2-5-17(22)19(26)24-13-8-9-15(20)14(10-13)18(25)23-11-12-6-3-4-7-16(12)21/h3-4,6-10,17H,2,5,11,22H2,1H3,(H,23,25)(H,24,26). The van der Waals surface area contributed by atoms with E-state index in [9.17, 15) is 14.0 Å². The fourth-order valence-corrected chi connectivity index (χ4v) is 2.57. The lowest BCUT2D eigenvalue weighted by Gasteiger charge is -2.13. The van der Waals surface area contributed by atoms with Crippen LogP contribution < -0.4 is 16.4 Å². The number of carbonyl (C=O) groups excluding carboxylic acids is 2. The summed E-state index contributed by atoms with van der Waals surface area (Å²) in [6, 6.07) is 10.1. The van der Waals surface area contributed by atoms with E-state index < -0.39 is 17.8 Å². The van der Waals surface area contributed by atoms with Crippen LogP contribution in [-0.2, 0) is 11.3 Å². The molecule has 1 atom stereocenters. The van der Waals surface area contributed by atoms with Crippen molar-refractivity contribution < 1.29 is 14.0 Å². The fraction of sp³-hybridized carbons (Fsp3) is 0.263. The molecule has 2 rings (SSSR count). The average Bonchev–Trinajstić information content (AvgIpc) is 2.62. The lowest BCUT2D eigenvalue weighted by atomic mass is 10.1. The van der Waals surface area contributed by atoms with Crippen molar-refractivity contribution in [3.05, 3.63) is 64.4 Å². The molecule has 2 aromatic carbocycles. The Morgan fingerprint density at radius 1 is 1.23 bits per heavy atom. The van der Waals surface area contributed by atoms with Crippen molar-refractivity contribution in [2.75, 3.05) is 5.32 Å². The minimum atomic E-state index is -0.617. The number of rotatable bonds is 7. The van der Waals surface area contributed by atoms with Crippen molar-refractivity contribution in [1.29, 1.82) is 0 Å². The summed E-state index contributed by atoms with van der Waals surface area (Å²) < 4.78 is 13.6. The second-order valence-electron chi connectivity index (χ2n) is 5.85. The Kier molecular flexibility index (Phi) is 7.12. The second-order valence-corrected chi connectivity index (χ2v) is 6.26. The molecule has 26 heavy (non-hydrogen) atoms. The maximum absolute atomic E-state index is 13.6. The van der Waals surface area contributed by atoms with Crippen molar-refractivity contribution in [1.82, 2.24) is 5.32 Å². The third-order valence-corrected chi connectivity index (χ3v) is 4.14. The average molecular weight is 378 g/mol. The van der Waals surface area contributed by atoms with Gasteiger partial charge in [0.15, 0.2) is 0 Å². The summed E-state index contributed by atoms with van der Waals surface area (Å²) in [7, 11) is 0. The first-order valence-corrected chi connectivity index (χ1v) is 8.67. The lowest BCUT2D eigenvalue weighted by Crippen LogP contribution is -2.35. The molecule has 1 unspecified atom stereocenters. The number of anilines is 1. The number of hydrogen-bond acceptors (Lipinski definition) is 3. The van der Waals surface area contributed by atoms with E-state index in [4.69, 9.17) is 17.3 Å². The van der Waals surface area contributed by atoms with Gasteiger partial charge in [0.25, 0.3) is 5.91 Å². The van der Waals surface area contributed by atoms with Crippen LogP contribution in [0, 0.1) is 5.82 Å². The topological polar surface area (TPSA) is 84.2 Å². The van der Waals surface area contributed by atoms with Crippen LogP contribution in [0.2, 0.25) is 5.02 Å². The molecule has 0 spiro atoms. The molecule has 0 aromatic heterocycles. The third-order valence-electron chi connectivity index (χ3n) is 3.81. The van der Waals surface area contributed by atoms with Gasteiger partial charge in [0, 0.05) is 17.8 Å². The van der Waals surface area contributed by atoms with E-state index >= 15 is 0 Å². The molecule has 0 aliphatic heterocycles. The highest BCUT2D eigenvalue weighted by Crippen LogP contribution is 2.21. The van der Waals surface area contributed by atoms with Crippen LogP contribution in [0.25, 0.3) is 0 Å². The largest absolute Gasteiger partial charge is 0.348 e. The third kappa shape index (κ3) is 5.28. The summed E-state index contributed by atoms with van der Waals surface area (Å²) in [5.41, 5.74) is 6.75. The molecule has 0 aliphatic rings. The molecule has 0 aliphatic carbocycles. The van der Waals surface area contributed by atoms with Crippen LogP contribution in [-0.4, -0.2) is 17.9 Å². The van der Waals surface area contributed by atoms with Gasteiger partial charge in [-0.05, 0) is 30.7 Å². The van der Waals surface area contributed by atoms with Crippen LogP contribution >= 0.6 is 11.6 Å². The normalized spacial score (nSPS) is 11.7. The lowest BCUT2D eigenvalue weighted by molar-refractivity contribution is -0.117. The van der Waals surface area contributed by atoms with Crippen LogP contribution in [0.3, 0.4) is 0 Å². The van der Waals surface area contributed by atoms with Gasteiger partial charge in [-0.25, -0.2) is 4.39 Å². The minimum absolute atomic E-state index is 0.0276. The van der Waals surface area contributed by atoms with E-state index in [2.05, 4.69) is 10.6 Å². The van der Waals surface area contributed by atoms with Crippen molar-refractivity contribution in [2.45, 2.75) is 32.4 Å². The molecule has 5 nitrogen and oxygen atoms in total. The van der Waals surface area contributed by atoms with Crippen molar-refractivity contribution in [3.8, 4) is 0 Å². The highest BCUT2D eigenvalue weighted by Gasteiger charge is 2.15. The Labute approximate surface area is 156 Å². The predicted molar refractivity (Wildman–Crippen MR) is 101 cm³/mol. The first-order valence-electron chi connectivity index (χ1n) is 8.30. The first kappa shape index (κ1) is 19.9. The Morgan fingerprint density at radius 2 is 1.96 bits per heavy atom. The predicted octanol–water partition coefficient (Wildman–Crippen LogP) is 3.48. The van der Waals surface area contributed by atoms with E-state index in [1.165, 1.54) is 18.2 Å². The minimum Gasteiger partial charge on any atom is -0.348 e. The summed E-state index contributed by atoms with van der Waals surface area (Å²) in [6.07, 6.45) is 1.36. The number of halogens is 2. The fourth-order valence-electron chi connectivity index (χ4n) is 2.37. The van der Waals surface area contributed by atoms with E-state index in [-0.39, 0.29) is 23.0 Å². The van der Waals surface area contributed by atoms with E-state index in [0.717, 1.165) is 6.42 Å². The molecule has 4 N–H and O–H groups in total. The molecule has 7 heteroatoms. The van der Waals surface area contributed by atoms with E-state index in [1.54, 1.807) is 24.3 Å². The SMILES string of the molecule is CCCC(N)C(=O)Nc1ccc(Cl)c(C(=O)NCc2ccccc2F)c1. The van der Waals surface area contributed by atoms with Crippen LogP contribution in [0.1, 0.15) is 35.7 Å². The van der Waals surface area contributed by atoms with Crippen molar-refractivity contribution >= 4 is 29.1 Å². The number of benzene rings is 2. The number of nitrogens with two attached hydrogens (primary N) is 1. The summed E-state index contributed by atoms with van der Waals surface area (Å²) in [5.74, 6) is -1.19. The maximum Gasteiger partial charge on any atom is 0.253 e. The highest BCUT2D eigenvalue weighted by molar-refractivity contribution is 6.34. The Balaban J connectivity index is 2.07. The zero-order valence-electron chi connectivity index (χ0n) is 14.4. The first-order chi connectivity index (χ1) is 12.4. The van der Waals surface area contributed by atoms with Gasteiger partial charge in [-0.2, -0.15) is 0 Å². The van der Waals surface area contributed by atoms with Gasteiger partial charge in [-0.3, -0.25) is 9.59 Å². The Morgan fingerprint density at radius 3 is 2.65 bits per heavy atom. The molecule has 0 fully saturated rings. The van der Waals surface area contributed by atoms with Crippen molar-refractivity contribution in [2.24, 2.45) is 5.73 Å². The molecule has 0 heterocycles. The highest BCUT2D eigenvalue weighted by atomic mass is 35.5. The molecule has 0 saturated heterocycles. The summed E-state index contributed by atoms with van der Waals surface area (Å²) in [6.45, 7) is 1.97. The van der Waals surface area contributed by atoms with E-state index in [0.29, 0.717) is 17.7 Å². The van der Waals surface area contributed by atoms with Crippen LogP contribution in [0.5, 0.6) is 0 Å². The maximum atomic E-state index is 13.6. The van der Waals surface area contributed by atoms with Gasteiger partial charge >= 0.3 is 0 Å². The summed E-state index contributed by atoms with van der Waals surface area (Å²) in [5, 5.41) is 5.52. The van der Waals surface area contributed by atoms with Crippen LogP contribution in [0.15, 0.2) is 42.5 Å². The molecule has 0 radical (unpaired) electrons. The summed E-state index contributed by atoms with van der Waals surface area (Å²) in [4.78, 5) is 24.4. The number of nitrogens with one attached hydrogen (secondary N) is 2. The zero-order valence-corrected chi connectivity index (χ0v) is 15.1. The van der Waals surface area contributed by atoms with Gasteiger partial charge in [0.2, 0.25) is 5.91 Å². The Hall–Kier alpha value is -2.44. The molecule has 0 saturated carbocycles. The number of hydrogen-bond donors (Lipinski definition) is 3. The number of carbonyl (C=O) groups is 2. The molecular formula is C19H21ClFN3O2. The molecular weight excluding hydrogens is 357 g/mol. The monoisotopic (exact) mass is 377 g/mol. The second kappa shape index (κ2) is 9.31. The van der Waals surface area contributed by atoms with Gasteiger partial charge in [0.1, 0.15) is 5.82 Å². The van der Waals surface area contributed by atoms with Gasteiger partial charge in [0.05, 0.1) is 16.6 Å². The Bertz CT molecular complexity index is 798. The van der Waals surface area contributed by atoms with Gasteiger partial charge < -0.3 is 16.4 Å². The van der Waals surface area contributed by atoms with Gasteiger partial charge in [-0.15, -0.1) is 0 Å². The zero-order chi connectivity index (χ0) is 19.1. The molecule has 2 amide bonds. The summed E-state index contributed by atoms with van der Waals surface area (Å²) >= 11 is 6.08. The van der Waals surface area contributed by atoms with Gasteiger partial charge in [-0.1, -0.05) is 43.1 Å². The number of amides is 2. The van der Waals surface area contributed by atoms with Crippen molar-refractivity contribution in [3.63, 3.8) is 0 Å². The molecule has 2 aromatic rings. The molecule has 0 bridgehead atoms.